The molecule has 0 unspecified atom stereocenters. The monoisotopic (exact) mass is 479 g/mol. The number of nitrogens with one attached hydrogen (secondary N) is 1. The Morgan fingerprint density at radius 1 is 1.14 bits per heavy atom. The molecule has 0 spiro atoms. The van der Waals surface area contributed by atoms with Gasteiger partial charge in [0.1, 0.15) is 11.6 Å². The van der Waals surface area contributed by atoms with Crippen LogP contribution >= 0.6 is 47.8 Å². The second-order valence-corrected chi connectivity index (χ2v) is 6.59. The van der Waals surface area contributed by atoms with E-state index in [0.29, 0.717) is 15.9 Å². The van der Waals surface area contributed by atoms with Gasteiger partial charge in [-0.15, -0.1) is 0 Å². The summed E-state index contributed by atoms with van der Waals surface area (Å²) in [6.07, 6.45) is 0. The van der Waals surface area contributed by atoms with E-state index in [1.54, 1.807) is 18.2 Å². The molecular formula is C14H9Br3FNO2. The van der Waals surface area contributed by atoms with Crippen LogP contribution in [-0.2, 0) is 0 Å². The molecule has 1 N–H and O–H groups in total. The fraction of sp³-hybridized carbons (Fsp3) is 0.0714. The van der Waals surface area contributed by atoms with Gasteiger partial charge in [0.15, 0.2) is 0 Å². The van der Waals surface area contributed by atoms with E-state index >= 15 is 0 Å². The first-order valence-corrected chi connectivity index (χ1v) is 8.10. The van der Waals surface area contributed by atoms with E-state index in [2.05, 4.69) is 53.1 Å². The Balaban J connectivity index is 2.34. The Kier molecular flexibility index (Phi) is 5.40. The Morgan fingerprint density at radius 2 is 1.86 bits per heavy atom. The molecule has 0 aliphatic rings. The molecule has 3 nitrogen and oxygen atoms in total. The van der Waals surface area contributed by atoms with Crippen LogP contribution in [0.2, 0.25) is 0 Å². The normalized spacial score (nSPS) is 10.3. The zero-order chi connectivity index (χ0) is 15.6. The minimum atomic E-state index is -0.602. The first-order valence-electron chi connectivity index (χ1n) is 5.72. The van der Waals surface area contributed by atoms with Crippen molar-refractivity contribution in [3.05, 3.63) is 55.1 Å². The summed E-state index contributed by atoms with van der Waals surface area (Å²) in [5.74, 6) is -0.586. The Bertz CT molecular complexity index is 707. The topological polar surface area (TPSA) is 38.3 Å². The molecule has 0 fully saturated rings. The van der Waals surface area contributed by atoms with Crippen LogP contribution in [0.1, 0.15) is 10.4 Å². The predicted molar refractivity (Wildman–Crippen MR) is 90.4 cm³/mol. The number of methoxy groups -OCH3 is 1. The van der Waals surface area contributed by atoms with Crippen LogP contribution in [0, 0.1) is 5.82 Å². The van der Waals surface area contributed by atoms with Crippen molar-refractivity contribution < 1.29 is 13.9 Å². The predicted octanol–water partition coefficient (Wildman–Crippen LogP) is 5.37. The summed E-state index contributed by atoms with van der Waals surface area (Å²) in [6.45, 7) is 0. The van der Waals surface area contributed by atoms with Crippen molar-refractivity contribution in [1.29, 1.82) is 0 Å². The van der Waals surface area contributed by atoms with Gasteiger partial charge in [0.05, 0.1) is 27.3 Å². The van der Waals surface area contributed by atoms with Gasteiger partial charge in [-0.2, -0.15) is 0 Å². The van der Waals surface area contributed by atoms with Gasteiger partial charge in [-0.25, -0.2) is 4.39 Å². The molecule has 0 saturated carbocycles. The summed E-state index contributed by atoms with van der Waals surface area (Å²) in [5.41, 5.74) is 0.442. The molecule has 2 rings (SSSR count). The SMILES string of the molecule is COc1cc(NC(=O)c2cccc(Br)c2F)c(Br)cc1Br. The number of anilines is 1. The number of benzene rings is 2. The molecule has 0 atom stereocenters. The van der Waals surface area contributed by atoms with Gasteiger partial charge in [-0.05, 0) is 66.0 Å². The second kappa shape index (κ2) is 6.89. The summed E-state index contributed by atoms with van der Waals surface area (Å²) >= 11 is 9.74. The summed E-state index contributed by atoms with van der Waals surface area (Å²) in [6, 6.07) is 7.93. The van der Waals surface area contributed by atoms with Gasteiger partial charge in [-0.3, -0.25) is 4.79 Å². The molecule has 21 heavy (non-hydrogen) atoms. The van der Waals surface area contributed by atoms with Crippen molar-refractivity contribution in [1.82, 2.24) is 0 Å². The largest absolute Gasteiger partial charge is 0.495 e. The minimum absolute atomic E-state index is 0.0434. The van der Waals surface area contributed by atoms with Crippen LogP contribution in [-0.4, -0.2) is 13.0 Å². The van der Waals surface area contributed by atoms with E-state index in [9.17, 15) is 9.18 Å². The average molecular weight is 482 g/mol. The van der Waals surface area contributed by atoms with Crippen LogP contribution < -0.4 is 10.1 Å². The highest BCUT2D eigenvalue weighted by Crippen LogP contribution is 2.35. The molecule has 0 aromatic heterocycles. The minimum Gasteiger partial charge on any atom is -0.495 e. The van der Waals surface area contributed by atoms with E-state index in [1.165, 1.54) is 19.2 Å². The zero-order valence-corrected chi connectivity index (χ0v) is 15.5. The maximum atomic E-state index is 13.9. The smallest absolute Gasteiger partial charge is 0.258 e. The Hall–Kier alpha value is -0.920. The van der Waals surface area contributed by atoms with Gasteiger partial charge in [-0.1, -0.05) is 6.07 Å². The molecule has 1 amide bonds. The molecule has 0 heterocycles. The third kappa shape index (κ3) is 3.64. The number of hydrogen-bond donors (Lipinski definition) is 1. The molecule has 2 aromatic carbocycles. The van der Waals surface area contributed by atoms with Gasteiger partial charge in [0.2, 0.25) is 0 Å². The van der Waals surface area contributed by atoms with Gasteiger partial charge < -0.3 is 10.1 Å². The molecule has 110 valence electrons. The fourth-order valence-electron chi connectivity index (χ4n) is 1.65. The molecule has 0 bridgehead atoms. The highest BCUT2D eigenvalue weighted by molar-refractivity contribution is 9.11. The van der Waals surface area contributed by atoms with E-state index in [0.717, 1.165) is 4.47 Å². The fourth-order valence-corrected chi connectivity index (χ4v) is 3.27. The highest BCUT2D eigenvalue weighted by Gasteiger charge is 2.16. The van der Waals surface area contributed by atoms with Crippen molar-refractivity contribution in [3.63, 3.8) is 0 Å². The standard InChI is InChI=1S/C14H9Br3FNO2/c1-21-12-6-11(9(16)5-10(12)17)19-14(20)7-3-2-4-8(15)13(7)18/h2-6H,1H3,(H,19,20). The number of halogens is 4. The van der Waals surface area contributed by atoms with Crippen LogP contribution in [0.25, 0.3) is 0 Å². The number of carbonyl (C=O) groups is 1. The number of amides is 1. The van der Waals surface area contributed by atoms with Crippen LogP contribution in [0.5, 0.6) is 5.75 Å². The number of carbonyl (C=O) groups excluding carboxylic acids is 1. The van der Waals surface area contributed by atoms with Crippen LogP contribution in [0.15, 0.2) is 43.7 Å². The van der Waals surface area contributed by atoms with E-state index in [1.807, 2.05) is 0 Å². The maximum absolute atomic E-state index is 13.9. The lowest BCUT2D eigenvalue weighted by Gasteiger charge is -2.11. The molecule has 0 aliphatic carbocycles. The lowest BCUT2D eigenvalue weighted by Crippen LogP contribution is -2.14. The first kappa shape index (κ1) is 16.5. The first-order chi connectivity index (χ1) is 9.93. The maximum Gasteiger partial charge on any atom is 0.258 e. The quantitative estimate of drug-likeness (QED) is 0.639. The Labute approximate surface area is 146 Å². The van der Waals surface area contributed by atoms with E-state index < -0.39 is 11.7 Å². The number of hydrogen-bond acceptors (Lipinski definition) is 2. The van der Waals surface area contributed by atoms with Gasteiger partial charge >= 0.3 is 0 Å². The summed E-state index contributed by atoms with van der Waals surface area (Å²) in [4.78, 5) is 12.2. The van der Waals surface area contributed by atoms with E-state index in [-0.39, 0.29) is 10.0 Å². The lowest BCUT2D eigenvalue weighted by atomic mass is 10.2. The summed E-state index contributed by atoms with van der Waals surface area (Å²) in [7, 11) is 1.52. The molecule has 0 saturated heterocycles. The molecular weight excluding hydrogens is 473 g/mol. The molecule has 0 aliphatic heterocycles. The Morgan fingerprint density at radius 3 is 2.52 bits per heavy atom. The third-order valence-corrected chi connectivity index (χ3v) is 4.57. The van der Waals surface area contributed by atoms with E-state index in [4.69, 9.17) is 4.74 Å². The van der Waals surface area contributed by atoms with Crippen molar-refractivity contribution in [3.8, 4) is 5.75 Å². The second-order valence-electron chi connectivity index (χ2n) is 4.02. The number of rotatable bonds is 3. The van der Waals surface area contributed by atoms with Crippen molar-refractivity contribution in [2.45, 2.75) is 0 Å². The molecule has 7 heteroatoms. The molecule has 2 aromatic rings. The summed E-state index contributed by atoms with van der Waals surface area (Å²) in [5, 5.41) is 2.65. The average Bonchev–Trinajstić information content (AvgIpc) is 2.44. The molecule has 0 radical (unpaired) electrons. The van der Waals surface area contributed by atoms with Crippen LogP contribution in [0.3, 0.4) is 0 Å². The van der Waals surface area contributed by atoms with Crippen molar-refractivity contribution in [2.24, 2.45) is 0 Å². The zero-order valence-electron chi connectivity index (χ0n) is 10.7. The van der Waals surface area contributed by atoms with Crippen LogP contribution in [0.4, 0.5) is 10.1 Å². The van der Waals surface area contributed by atoms with Crippen molar-refractivity contribution in [2.75, 3.05) is 12.4 Å². The van der Waals surface area contributed by atoms with Gasteiger partial charge in [0.25, 0.3) is 5.91 Å². The summed E-state index contributed by atoms with van der Waals surface area (Å²) < 4.78 is 20.7. The van der Waals surface area contributed by atoms with Crippen molar-refractivity contribution >= 4 is 59.4 Å². The number of ether oxygens (including phenoxy) is 1. The third-order valence-electron chi connectivity index (χ3n) is 2.69. The van der Waals surface area contributed by atoms with Gasteiger partial charge in [0, 0.05) is 10.5 Å². The lowest BCUT2D eigenvalue weighted by molar-refractivity contribution is 0.102. The highest BCUT2D eigenvalue weighted by atomic mass is 79.9.